The number of nitrogens with zero attached hydrogens (tertiary/aromatic N) is 2. The van der Waals surface area contributed by atoms with E-state index < -0.39 is 10.0 Å². The Labute approximate surface area is 169 Å². The molecular formula is C16H26ClN5O3S2. The van der Waals surface area contributed by atoms with Crippen molar-refractivity contribution < 1.29 is 13.2 Å². The Balaban J connectivity index is 1.71. The number of carbonyl (C=O) groups excluding carboxylic acids is 1. The van der Waals surface area contributed by atoms with Gasteiger partial charge in [-0.15, -0.1) is 11.3 Å². The van der Waals surface area contributed by atoms with Crippen molar-refractivity contribution in [3.63, 3.8) is 0 Å². The number of rotatable bonds is 10. The van der Waals surface area contributed by atoms with Gasteiger partial charge in [0.2, 0.25) is 15.9 Å². The minimum Gasteiger partial charge on any atom is -0.357 e. The van der Waals surface area contributed by atoms with Crippen molar-refractivity contribution in [1.29, 1.82) is 0 Å². The Morgan fingerprint density at radius 1 is 1.33 bits per heavy atom. The third kappa shape index (κ3) is 7.28. The van der Waals surface area contributed by atoms with Crippen LogP contribution < -0.4 is 15.4 Å². The summed E-state index contributed by atoms with van der Waals surface area (Å²) in [5, 5.41) is 6.21. The average molecular weight is 436 g/mol. The molecule has 0 atom stereocenters. The highest BCUT2D eigenvalue weighted by atomic mass is 35.5. The third-order valence-electron chi connectivity index (χ3n) is 3.89. The summed E-state index contributed by atoms with van der Waals surface area (Å²) in [6, 6.07) is 3.05. The second-order valence-electron chi connectivity index (χ2n) is 5.98. The normalized spacial score (nSPS) is 15.4. The molecule has 1 saturated heterocycles. The van der Waals surface area contributed by atoms with E-state index in [0.717, 1.165) is 37.3 Å². The quantitative estimate of drug-likeness (QED) is 0.291. The van der Waals surface area contributed by atoms with Gasteiger partial charge in [0.15, 0.2) is 5.96 Å². The van der Waals surface area contributed by atoms with Crippen LogP contribution in [-0.2, 0) is 14.8 Å². The van der Waals surface area contributed by atoms with Gasteiger partial charge < -0.3 is 15.5 Å². The highest BCUT2D eigenvalue weighted by Crippen LogP contribution is 2.25. The molecule has 0 aromatic carbocycles. The molecule has 0 saturated carbocycles. The van der Waals surface area contributed by atoms with Crippen LogP contribution in [0.2, 0.25) is 4.34 Å². The predicted octanol–water partition coefficient (Wildman–Crippen LogP) is 1.25. The van der Waals surface area contributed by atoms with Crippen molar-refractivity contribution in [3.05, 3.63) is 16.5 Å². The van der Waals surface area contributed by atoms with Crippen LogP contribution in [0, 0.1) is 0 Å². The van der Waals surface area contributed by atoms with Crippen LogP contribution in [0.15, 0.2) is 21.3 Å². The minimum absolute atomic E-state index is 0.199. The molecule has 8 nitrogen and oxygen atoms in total. The monoisotopic (exact) mass is 435 g/mol. The number of hydrogen-bond acceptors (Lipinski definition) is 5. The molecule has 152 valence electrons. The Morgan fingerprint density at radius 2 is 2.15 bits per heavy atom. The average Bonchev–Trinajstić information content (AvgIpc) is 3.24. The fourth-order valence-corrected chi connectivity index (χ4v) is 5.17. The van der Waals surface area contributed by atoms with Gasteiger partial charge in [-0.05, 0) is 31.9 Å². The van der Waals surface area contributed by atoms with Crippen molar-refractivity contribution >= 4 is 44.8 Å². The van der Waals surface area contributed by atoms with Crippen molar-refractivity contribution in [2.75, 3.05) is 39.3 Å². The number of amides is 1. The Bertz CT molecular complexity index is 751. The first-order valence-electron chi connectivity index (χ1n) is 8.97. The lowest BCUT2D eigenvalue weighted by Crippen LogP contribution is -2.41. The van der Waals surface area contributed by atoms with Gasteiger partial charge in [-0.1, -0.05) is 11.6 Å². The van der Waals surface area contributed by atoms with Gasteiger partial charge in [0, 0.05) is 45.7 Å². The summed E-state index contributed by atoms with van der Waals surface area (Å²) in [7, 11) is -3.54. The number of guanidine groups is 1. The second-order valence-corrected chi connectivity index (χ2v) is 9.69. The maximum atomic E-state index is 12.1. The molecule has 11 heteroatoms. The van der Waals surface area contributed by atoms with Crippen LogP contribution in [0.3, 0.4) is 0 Å². The molecule has 1 aliphatic rings. The van der Waals surface area contributed by atoms with E-state index >= 15 is 0 Å². The Kier molecular flexibility index (Phi) is 8.81. The summed E-state index contributed by atoms with van der Waals surface area (Å²) in [5.74, 6) is 0.854. The van der Waals surface area contributed by atoms with E-state index in [1.165, 1.54) is 6.07 Å². The van der Waals surface area contributed by atoms with Crippen LogP contribution in [0.5, 0.6) is 0 Å². The summed E-state index contributed by atoms with van der Waals surface area (Å²) < 4.78 is 27.4. The molecule has 0 bridgehead atoms. The van der Waals surface area contributed by atoms with Crippen molar-refractivity contribution in [2.24, 2.45) is 4.99 Å². The molecule has 1 amide bonds. The maximum Gasteiger partial charge on any atom is 0.250 e. The lowest BCUT2D eigenvalue weighted by Gasteiger charge is -2.15. The van der Waals surface area contributed by atoms with Gasteiger partial charge in [-0.2, -0.15) is 0 Å². The van der Waals surface area contributed by atoms with Gasteiger partial charge in [-0.25, -0.2) is 13.1 Å². The van der Waals surface area contributed by atoms with Crippen molar-refractivity contribution in [1.82, 2.24) is 20.3 Å². The maximum absolute atomic E-state index is 12.1. The molecule has 3 N–H and O–H groups in total. The molecule has 1 aliphatic heterocycles. The topological polar surface area (TPSA) is 103 Å². The molecule has 2 rings (SSSR count). The van der Waals surface area contributed by atoms with Crippen LogP contribution in [0.25, 0.3) is 0 Å². The lowest BCUT2D eigenvalue weighted by molar-refractivity contribution is -0.127. The van der Waals surface area contributed by atoms with E-state index in [9.17, 15) is 13.2 Å². The lowest BCUT2D eigenvalue weighted by atomic mass is 10.4. The van der Waals surface area contributed by atoms with E-state index in [0.29, 0.717) is 36.4 Å². The number of hydrogen-bond donors (Lipinski definition) is 3. The number of likely N-dealkylation sites (tertiary alicyclic amines) is 1. The fraction of sp³-hybridized carbons (Fsp3) is 0.625. The van der Waals surface area contributed by atoms with E-state index in [4.69, 9.17) is 11.6 Å². The van der Waals surface area contributed by atoms with E-state index in [1.54, 1.807) is 6.07 Å². The number of halogens is 1. The van der Waals surface area contributed by atoms with Crippen LogP contribution in [0.1, 0.15) is 26.2 Å². The zero-order valence-corrected chi connectivity index (χ0v) is 17.7. The number of aliphatic imine (C=N–C) groups is 1. The van der Waals surface area contributed by atoms with Crippen molar-refractivity contribution in [2.45, 2.75) is 30.4 Å². The Hall–Kier alpha value is -1.36. The molecule has 1 fully saturated rings. The number of thiophene rings is 1. The summed E-state index contributed by atoms with van der Waals surface area (Å²) in [5.41, 5.74) is 0. The standard InChI is InChI=1S/C16H26ClN5O3S2/c1-2-18-16(19-8-4-12-22-11-3-5-14(22)23)20-9-10-21-27(24,25)15-7-6-13(17)26-15/h6-7,21H,2-5,8-12H2,1H3,(H2,18,19,20). The number of sulfonamides is 1. The van der Waals surface area contributed by atoms with Gasteiger partial charge in [0.25, 0.3) is 0 Å². The van der Waals surface area contributed by atoms with Crippen molar-refractivity contribution in [3.8, 4) is 0 Å². The van der Waals surface area contributed by atoms with Gasteiger partial charge in [-0.3, -0.25) is 9.79 Å². The van der Waals surface area contributed by atoms with Crippen LogP contribution >= 0.6 is 22.9 Å². The largest absolute Gasteiger partial charge is 0.357 e. The predicted molar refractivity (Wildman–Crippen MR) is 109 cm³/mol. The zero-order valence-electron chi connectivity index (χ0n) is 15.3. The highest BCUT2D eigenvalue weighted by molar-refractivity contribution is 7.91. The van der Waals surface area contributed by atoms with Gasteiger partial charge in [0.05, 0.1) is 4.34 Å². The molecule has 0 radical (unpaired) electrons. The van der Waals surface area contributed by atoms with E-state index in [1.807, 2.05) is 11.8 Å². The molecule has 0 aliphatic carbocycles. The molecule has 0 spiro atoms. The number of carbonyl (C=O) groups is 1. The molecular weight excluding hydrogens is 410 g/mol. The smallest absolute Gasteiger partial charge is 0.250 e. The molecule has 27 heavy (non-hydrogen) atoms. The molecule has 1 aromatic heterocycles. The van der Waals surface area contributed by atoms with Gasteiger partial charge in [0.1, 0.15) is 4.21 Å². The van der Waals surface area contributed by atoms with E-state index in [-0.39, 0.29) is 16.7 Å². The highest BCUT2D eigenvalue weighted by Gasteiger charge is 2.19. The minimum atomic E-state index is -3.54. The molecule has 2 heterocycles. The summed E-state index contributed by atoms with van der Waals surface area (Å²) in [4.78, 5) is 17.9. The first-order chi connectivity index (χ1) is 12.9. The van der Waals surface area contributed by atoms with E-state index in [2.05, 4.69) is 20.3 Å². The first-order valence-corrected chi connectivity index (χ1v) is 11.6. The number of nitrogens with one attached hydrogen (secondary N) is 3. The third-order valence-corrected chi connectivity index (χ3v) is 7.08. The fourth-order valence-electron chi connectivity index (χ4n) is 2.61. The van der Waals surface area contributed by atoms with Crippen LogP contribution in [-0.4, -0.2) is 64.5 Å². The zero-order chi connectivity index (χ0) is 19.7. The summed E-state index contributed by atoms with van der Waals surface area (Å²) >= 11 is 6.80. The summed E-state index contributed by atoms with van der Waals surface area (Å²) in [6.45, 7) is 5.46. The molecule has 1 aromatic rings. The second kappa shape index (κ2) is 10.8. The van der Waals surface area contributed by atoms with Gasteiger partial charge >= 0.3 is 0 Å². The Morgan fingerprint density at radius 3 is 2.78 bits per heavy atom. The molecule has 0 unspecified atom stereocenters. The SMILES string of the molecule is CCNC(=NCCCN1CCCC1=O)NCCNS(=O)(=O)c1ccc(Cl)s1. The first kappa shape index (κ1) is 21.9. The van der Waals surface area contributed by atoms with Crippen LogP contribution in [0.4, 0.5) is 0 Å². The summed E-state index contributed by atoms with van der Waals surface area (Å²) in [6.07, 6.45) is 2.40.